The lowest BCUT2D eigenvalue weighted by Crippen LogP contribution is -2.29. The van der Waals surface area contributed by atoms with Gasteiger partial charge in [-0.3, -0.25) is 18.6 Å². The van der Waals surface area contributed by atoms with Crippen LogP contribution >= 0.6 is 7.82 Å². The van der Waals surface area contributed by atoms with Crippen molar-refractivity contribution in [3.8, 4) is 0 Å². The molecule has 2 atom stereocenters. The second-order valence-electron chi connectivity index (χ2n) is 18.8. The molecule has 0 radical (unpaired) electrons. The number of nitrogens with two attached hydrogens (primary N) is 1. The molecule has 2 unspecified atom stereocenters. The van der Waals surface area contributed by atoms with Crippen LogP contribution in [-0.2, 0) is 32.7 Å². The fraction of sp³-hybridized carbons (Fsp3) is 0.825. The Morgan fingerprint density at radius 3 is 1.16 bits per heavy atom. The van der Waals surface area contributed by atoms with E-state index in [0.29, 0.717) is 6.42 Å². The van der Waals surface area contributed by atoms with Crippen molar-refractivity contribution in [1.29, 1.82) is 0 Å². The summed E-state index contributed by atoms with van der Waals surface area (Å²) in [4.78, 5) is 35.1. The average molecular weight is 964 g/mol. The number of rotatable bonds is 53. The Balaban J connectivity index is 3.94. The lowest BCUT2D eigenvalue weighted by molar-refractivity contribution is -0.161. The van der Waals surface area contributed by atoms with Crippen LogP contribution in [0.3, 0.4) is 0 Å². The fourth-order valence-corrected chi connectivity index (χ4v) is 8.76. The van der Waals surface area contributed by atoms with Gasteiger partial charge in [-0.25, -0.2) is 4.57 Å². The molecule has 0 heterocycles. The van der Waals surface area contributed by atoms with E-state index in [1.54, 1.807) is 0 Å². The monoisotopic (exact) mass is 964 g/mol. The van der Waals surface area contributed by atoms with E-state index in [1.165, 1.54) is 180 Å². The molecule has 10 heteroatoms. The topological polar surface area (TPSA) is 134 Å². The van der Waals surface area contributed by atoms with Crippen LogP contribution in [0.4, 0.5) is 0 Å². The molecule has 0 aliphatic carbocycles. The van der Waals surface area contributed by atoms with Crippen LogP contribution in [0.1, 0.15) is 271 Å². The minimum Gasteiger partial charge on any atom is -0.462 e. The molecule has 0 bridgehead atoms. The molecule has 0 aliphatic heterocycles. The van der Waals surface area contributed by atoms with Crippen molar-refractivity contribution in [2.75, 3.05) is 26.4 Å². The summed E-state index contributed by atoms with van der Waals surface area (Å²) < 4.78 is 33.0. The minimum absolute atomic E-state index is 0.0523. The summed E-state index contributed by atoms with van der Waals surface area (Å²) in [5.41, 5.74) is 5.37. The molecule has 0 rings (SSSR count). The second-order valence-corrected chi connectivity index (χ2v) is 20.3. The van der Waals surface area contributed by atoms with E-state index in [4.69, 9.17) is 24.3 Å². The summed E-state index contributed by atoms with van der Waals surface area (Å²) in [5, 5.41) is 0. The molecule has 3 N–H and O–H groups in total. The van der Waals surface area contributed by atoms with Crippen molar-refractivity contribution in [1.82, 2.24) is 0 Å². The zero-order chi connectivity index (χ0) is 48.8. The Bertz CT molecular complexity index is 1240. The summed E-state index contributed by atoms with van der Waals surface area (Å²) in [5.74, 6) is -0.828. The first kappa shape index (κ1) is 65.0. The summed E-state index contributed by atoms with van der Waals surface area (Å²) in [6.45, 7) is 3.73. The maximum atomic E-state index is 12.7. The van der Waals surface area contributed by atoms with Crippen LogP contribution in [0.15, 0.2) is 48.6 Å². The van der Waals surface area contributed by atoms with Crippen LogP contribution < -0.4 is 5.73 Å². The number of unbranched alkanes of at least 4 members (excludes halogenated alkanes) is 32. The average Bonchev–Trinajstić information content (AvgIpc) is 3.32. The number of esters is 2. The van der Waals surface area contributed by atoms with Gasteiger partial charge in [0.05, 0.1) is 13.2 Å². The highest BCUT2D eigenvalue weighted by Crippen LogP contribution is 2.43. The van der Waals surface area contributed by atoms with Gasteiger partial charge in [-0.15, -0.1) is 0 Å². The van der Waals surface area contributed by atoms with Crippen LogP contribution in [0.25, 0.3) is 0 Å². The maximum absolute atomic E-state index is 12.7. The third-order valence-electron chi connectivity index (χ3n) is 12.2. The second kappa shape index (κ2) is 53.3. The summed E-state index contributed by atoms with van der Waals surface area (Å²) in [7, 11) is -4.39. The van der Waals surface area contributed by atoms with Gasteiger partial charge in [-0.2, -0.15) is 0 Å². The molecule has 0 aromatic heterocycles. The first-order valence-electron chi connectivity index (χ1n) is 28.1. The SMILES string of the molecule is CCCCC/C=C\C/C=C\CCCCCCCCCC(=O)OCC(COP(=O)(O)OCCN)OC(=O)CCCCCCCCCCCCCCCCCCC/C=C\C/C=C\CCCCCCC. The highest BCUT2D eigenvalue weighted by molar-refractivity contribution is 7.47. The third kappa shape index (κ3) is 53.2. The largest absolute Gasteiger partial charge is 0.472 e. The first-order chi connectivity index (χ1) is 32.8. The van der Waals surface area contributed by atoms with Crippen molar-refractivity contribution in [2.24, 2.45) is 5.73 Å². The van der Waals surface area contributed by atoms with Crippen molar-refractivity contribution in [2.45, 2.75) is 277 Å². The number of ether oxygens (including phenoxy) is 2. The van der Waals surface area contributed by atoms with E-state index in [1.807, 2.05) is 0 Å². The number of phosphoric ester groups is 1. The zero-order valence-electron chi connectivity index (χ0n) is 43.6. The van der Waals surface area contributed by atoms with Gasteiger partial charge >= 0.3 is 19.8 Å². The quantitative estimate of drug-likeness (QED) is 0.0264. The van der Waals surface area contributed by atoms with Crippen LogP contribution in [0.5, 0.6) is 0 Å². The molecule has 0 amide bonds. The predicted molar refractivity (Wildman–Crippen MR) is 284 cm³/mol. The van der Waals surface area contributed by atoms with Crippen LogP contribution in [-0.4, -0.2) is 49.3 Å². The van der Waals surface area contributed by atoms with E-state index >= 15 is 0 Å². The Labute approximate surface area is 413 Å². The summed E-state index contributed by atoms with van der Waals surface area (Å²) >= 11 is 0. The van der Waals surface area contributed by atoms with Gasteiger partial charge in [0.15, 0.2) is 6.10 Å². The van der Waals surface area contributed by atoms with E-state index in [9.17, 15) is 19.0 Å². The van der Waals surface area contributed by atoms with Crippen LogP contribution in [0.2, 0.25) is 0 Å². The van der Waals surface area contributed by atoms with Gasteiger partial charge in [-0.05, 0) is 77.0 Å². The van der Waals surface area contributed by atoms with Gasteiger partial charge in [0.25, 0.3) is 0 Å². The van der Waals surface area contributed by atoms with Crippen molar-refractivity contribution >= 4 is 19.8 Å². The number of allylic oxidation sites excluding steroid dienone is 8. The van der Waals surface area contributed by atoms with Crippen molar-refractivity contribution < 1.29 is 37.6 Å². The highest BCUT2D eigenvalue weighted by atomic mass is 31.2. The Kier molecular flexibility index (Phi) is 51.7. The molecular weight excluding hydrogens is 858 g/mol. The van der Waals surface area contributed by atoms with Crippen molar-refractivity contribution in [3.05, 3.63) is 48.6 Å². The van der Waals surface area contributed by atoms with Gasteiger partial charge in [0, 0.05) is 19.4 Å². The van der Waals surface area contributed by atoms with Crippen LogP contribution in [0, 0.1) is 0 Å². The lowest BCUT2D eigenvalue weighted by Gasteiger charge is -2.19. The van der Waals surface area contributed by atoms with Crippen molar-refractivity contribution in [3.63, 3.8) is 0 Å². The van der Waals surface area contributed by atoms with E-state index < -0.39 is 26.5 Å². The summed E-state index contributed by atoms with van der Waals surface area (Å²) in [6, 6.07) is 0. The first-order valence-corrected chi connectivity index (χ1v) is 29.6. The molecule has 0 spiro atoms. The number of hydrogen-bond donors (Lipinski definition) is 2. The van der Waals surface area contributed by atoms with Gasteiger partial charge < -0.3 is 20.1 Å². The molecule has 0 saturated carbocycles. The van der Waals surface area contributed by atoms with E-state index in [-0.39, 0.29) is 38.6 Å². The smallest absolute Gasteiger partial charge is 0.462 e. The fourth-order valence-electron chi connectivity index (χ4n) is 7.99. The zero-order valence-corrected chi connectivity index (χ0v) is 44.5. The maximum Gasteiger partial charge on any atom is 0.472 e. The molecule has 9 nitrogen and oxygen atoms in total. The van der Waals surface area contributed by atoms with Gasteiger partial charge in [-0.1, -0.05) is 229 Å². The Morgan fingerprint density at radius 1 is 0.448 bits per heavy atom. The molecular formula is C57H106NO8P. The Hall–Kier alpha value is -2.03. The predicted octanol–water partition coefficient (Wildman–Crippen LogP) is 17.4. The van der Waals surface area contributed by atoms with E-state index in [2.05, 4.69) is 62.5 Å². The number of phosphoric acid groups is 1. The highest BCUT2D eigenvalue weighted by Gasteiger charge is 2.26. The van der Waals surface area contributed by atoms with E-state index in [0.717, 1.165) is 57.8 Å². The molecule has 0 aromatic rings. The number of carbonyl (C=O) groups excluding carboxylic acids is 2. The molecule has 0 fully saturated rings. The molecule has 0 saturated heterocycles. The molecule has 67 heavy (non-hydrogen) atoms. The molecule has 0 aliphatic rings. The Morgan fingerprint density at radius 2 is 0.776 bits per heavy atom. The summed E-state index contributed by atoms with van der Waals surface area (Å²) in [6.07, 6.45) is 64.5. The number of carbonyl (C=O) groups is 2. The number of hydrogen-bond acceptors (Lipinski definition) is 8. The molecule has 0 aromatic carbocycles. The standard InChI is InChI=1S/C57H106NO8P/c1-3-5-7-9-11-13-15-17-19-21-22-23-24-25-26-27-28-29-30-31-32-34-36-38-40-42-44-46-48-50-57(60)66-55(54-65-67(61,62)64-52-51-58)53-63-56(59)49-47-45-43-41-39-37-35-33-20-18-16-14-12-10-8-6-4-2/h12,14-15,17-18,20-22,55H,3-11,13,16,19,23-54,58H2,1-2H3,(H,61,62)/b14-12-,17-15-,20-18-,22-21-. The van der Waals surface area contributed by atoms with Gasteiger partial charge in [0.1, 0.15) is 6.61 Å². The minimum atomic E-state index is -4.39. The van der Waals surface area contributed by atoms with Gasteiger partial charge in [0.2, 0.25) is 0 Å². The third-order valence-corrected chi connectivity index (χ3v) is 13.2. The lowest BCUT2D eigenvalue weighted by atomic mass is 10.0. The molecule has 392 valence electrons. The normalized spacial score (nSPS) is 13.4.